The van der Waals surface area contributed by atoms with E-state index < -0.39 is 0 Å². The van der Waals surface area contributed by atoms with Gasteiger partial charge in [0.1, 0.15) is 0 Å². The zero-order valence-electron chi connectivity index (χ0n) is 14.1. The number of nitriles is 1. The Balaban J connectivity index is 1.98. The van der Waals surface area contributed by atoms with E-state index in [0.29, 0.717) is 5.70 Å². The van der Waals surface area contributed by atoms with Crippen molar-refractivity contribution >= 4 is 0 Å². The lowest BCUT2D eigenvalue weighted by Gasteiger charge is -2.28. The molecule has 2 aliphatic rings. The van der Waals surface area contributed by atoms with Gasteiger partial charge >= 0.3 is 0 Å². The van der Waals surface area contributed by atoms with Gasteiger partial charge in [0, 0.05) is 11.1 Å². The van der Waals surface area contributed by atoms with Crippen molar-refractivity contribution < 1.29 is 0 Å². The Hall–Kier alpha value is -1.23. The third-order valence-corrected chi connectivity index (χ3v) is 5.48. The van der Waals surface area contributed by atoms with Gasteiger partial charge in [0.05, 0.1) is 11.6 Å². The van der Waals surface area contributed by atoms with Gasteiger partial charge < -0.3 is 5.73 Å². The highest BCUT2D eigenvalue weighted by atomic mass is 14.6. The molecule has 2 aliphatic carbocycles. The standard InChI is InChI=1S/C20H32N2/c21-17-18-19(22)13-16-20(18)14-11-9-7-5-3-1-2-4-6-8-10-12-15-20/h13,16H,1-12,14-15,22H2. The average Bonchev–Trinajstić information content (AvgIpc) is 2.83. The molecule has 0 unspecified atom stereocenters. The molecule has 122 valence electrons. The number of nitrogens with two attached hydrogens (primary N) is 1. The maximum Gasteiger partial charge on any atom is 0.0978 e. The molecule has 0 aromatic carbocycles. The Bertz CT molecular complexity index is 423. The minimum absolute atomic E-state index is 0.0426. The summed E-state index contributed by atoms with van der Waals surface area (Å²) >= 11 is 0. The summed E-state index contributed by atoms with van der Waals surface area (Å²) in [6.45, 7) is 0. The monoisotopic (exact) mass is 300 g/mol. The van der Waals surface area contributed by atoms with Crippen LogP contribution in [0.25, 0.3) is 0 Å². The van der Waals surface area contributed by atoms with E-state index in [1.54, 1.807) is 0 Å². The second-order valence-corrected chi connectivity index (χ2v) is 7.17. The molecule has 1 spiro atoms. The lowest BCUT2D eigenvalue weighted by molar-refractivity contribution is 0.363. The Morgan fingerprint density at radius 1 is 0.773 bits per heavy atom. The highest BCUT2D eigenvalue weighted by molar-refractivity contribution is 5.47. The third-order valence-electron chi connectivity index (χ3n) is 5.48. The quantitative estimate of drug-likeness (QED) is 0.619. The first-order chi connectivity index (χ1) is 10.8. The molecule has 0 bridgehead atoms. The fraction of sp³-hybridized carbons (Fsp3) is 0.750. The summed E-state index contributed by atoms with van der Waals surface area (Å²) in [7, 11) is 0. The Morgan fingerprint density at radius 2 is 1.18 bits per heavy atom. The maximum absolute atomic E-state index is 9.53. The molecule has 2 rings (SSSR count). The lowest BCUT2D eigenvalue weighted by Crippen LogP contribution is -2.20. The first-order valence-electron chi connectivity index (χ1n) is 9.38. The molecule has 1 saturated carbocycles. The van der Waals surface area contributed by atoms with E-state index in [2.05, 4.69) is 12.1 Å². The third kappa shape index (κ3) is 4.63. The Morgan fingerprint density at radius 3 is 1.59 bits per heavy atom. The van der Waals surface area contributed by atoms with Gasteiger partial charge in [-0.05, 0) is 18.9 Å². The molecular formula is C20H32N2. The summed E-state index contributed by atoms with van der Waals surface area (Å²) in [5.41, 5.74) is 7.56. The van der Waals surface area contributed by atoms with Crippen molar-refractivity contribution in [3.8, 4) is 6.07 Å². The van der Waals surface area contributed by atoms with Crippen LogP contribution in [0.15, 0.2) is 23.4 Å². The van der Waals surface area contributed by atoms with Crippen LogP contribution in [-0.2, 0) is 0 Å². The number of nitrogens with zero attached hydrogens (tertiary/aromatic N) is 1. The summed E-state index contributed by atoms with van der Waals surface area (Å²) in [6, 6.07) is 2.41. The molecule has 0 amide bonds. The van der Waals surface area contributed by atoms with Crippen LogP contribution in [0, 0.1) is 16.7 Å². The number of allylic oxidation sites excluding steroid dienone is 3. The summed E-state index contributed by atoms with van der Waals surface area (Å²) < 4.78 is 0. The molecule has 22 heavy (non-hydrogen) atoms. The van der Waals surface area contributed by atoms with Crippen molar-refractivity contribution in [2.75, 3.05) is 0 Å². The van der Waals surface area contributed by atoms with Gasteiger partial charge in [0.2, 0.25) is 0 Å². The molecule has 1 fully saturated rings. The van der Waals surface area contributed by atoms with Crippen molar-refractivity contribution in [1.29, 1.82) is 5.26 Å². The van der Waals surface area contributed by atoms with E-state index in [0.717, 1.165) is 18.4 Å². The summed E-state index contributed by atoms with van der Waals surface area (Å²) in [5.74, 6) is 0. The minimum atomic E-state index is -0.0426. The number of hydrogen-bond donors (Lipinski definition) is 1. The van der Waals surface area contributed by atoms with Crippen molar-refractivity contribution in [3.05, 3.63) is 23.4 Å². The molecular weight excluding hydrogens is 268 g/mol. The molecule has 2 nitrogen and oxygen atoms in total. The van der Waals surface area contributed by atoms with Crippen LogP contribution >= 0.6 is 0 Å². The minimum Gasteiger partial charge on any atom is -0.398 e. The van der Waals surface area contributed by atoms with E-state index in [1.807, 2.05) is 6.08 Å². The van der Waals surface area contributed by atoms with Gasteiger partial charge in [-0.2, -0.15) is 5.26 Å². The van der Waals surface area contributed by atoms with Crippen LogP contribution in [0.2, 0.25) is 0 Å². The van der Waals surface area contributed by atoms with E-state index in [4.69, 9.17) is 5.73 Å². The van der Waals surface area contributed by atoms with Gasteiger partial charge in [-0.1, -0.05) is 83.1 Å². The molecule has 0 radical (unpaired) electrons. The normalized spacial score (nSPS) is 24.7. The average molecular weight is 300 g/mol. The molecule has 0 aromatic heterocycles. The second-order valence-electron chi connectivity index (χ2n) is 7.17. The van der Waals surface area contributed by atoms with E-state index in [1.165, 1.54) is 77.0 Å². The van der Waals surface area contributed by atoms with Crippen LogP contribution in [0.4, 0.5) is 0 Å². The van der Waals surface area contributed by atoms with Gasteiger partial charge in [-0.15, -0.1) is 0 Å². The predicted octanol–water partition coefficient (Wildman–Crippen LogP) is 5.75. The molecule has 0 aliphatic heterocycles. The highest BCUT2D eigenvalue weighted by Crippen LogP contribution is 2.44. The molecule has 2 heteroatoms. The fourth-order valence-electron chi connectivity index (χ4n) is 4.07. The van der Waals surface area contributed by atoms with Gasteiger partial charge in [-0.3, -0.25) is 0 Å². The van der Waals surface area contributed by atoms with Crippen LogP contribution in [-0.4, -0.2) is 0 Å². The predicted molar refractivity (Wildman–Crippen MR) is 93.0 cm³/mol. The second kappa shape index (κ2) is 9.03. The number of hydrogen-bond acceptors (Lipinski definition) is 2. The lowest BCUT2D eigenvalue weighted by atomic mass is 9.74. The maximum atomic E-state index is 9.53. The highest BCUT2D eigenvalue weighted by Gasteiger charge is 2.35. The Kier molecular flexibility index (Phi) is 7.03. The van der Waals surface area contributed by atoms with E-state index >= 15 is 0 Å². The van der Waals surface area contributed by atoms with Gasteiger partial charge in [-0.25, -0.2) is 0 Å². The van der Waals surface area contributed by atoms with Crippen LogP contribution in [0.1, 0.15) is 89.9 Å². The molecule has 2 N–H and O–H groups in total. The zero-order chi connectivity index (χ0) is 15.7. The largest absolute Gasteiger partial charge is 0.398 e. The smallest absolute Gasteiger partial charge is 0.0978 e. The van der Waals surface area contributed by atoms with E-state index in [-0.39, 0.29) is 5.41 Å². The van der Waals surface area contributed by atoms with Crippen molar-refractivity contribution in [1.82, 2.24) is 0 Å². The van der Waals surface area contributed by atoms with Crippen LogP contribution < -0.4 is 5.73 Å². The van der Waals surface area contributed by atoms with Crippen molar-refractivity contribution in [2.45, 2.75) is 89.9 Å². The fourth-order valence-corrected chi connectivity index (χ4v) is 4.07. The Labute approximate surface area is 136 Å². The SMILES string of the molecule is N#CC1=C(N)C=CC12CCCCCCCCCCCCCC2. The summed E-state index contributed by atoms with van der Waals surface area (Å²) in [5, 5.41) is 9.53. The topological polar surface area (TPSA) is 49.8 Å². The molecule has 0 saturated heterocycles. The molecule has 0 heterocycles. The number of rotatable bonds is 0. The van der Waals surface area contributed by atoms with E-state index in [9.17, 15) is 5.26 Å². The van der Waals surface area contributed by atoms with Crippen LogP contribution in [0.3, 0.4) is 0 Å². The summed E-state index contributed by atoms with van der Waals surface area (Å²) in [4.78, 5) is 0. The summed E-state index contributed by atoms with van der Waals surface area (Å²) in [6.07, 6.45) is 22.6. The van der Waals surface area contributed by atoms with Crippen molar-refractivity contribution in [2.24, 2.45) is 11.1 Å². The van der Waals surface area contributed by atoms with Crippen LogP contribution in [0.5, 0.6) is 0 Å². The first-order valence-corrected chi connectivity index (χ1v) is 9.38. The molecule has 0 aromatic rings. The molecule has 0 atom stereocenters. The zero-order valence-corrected chi connectivity index (χ0v) is 14.1. The first kappa shape index (κ1) is 17.1. The van der Waals surface area contributed by atoms with Gasteiger partial charge in [0.25, 0.3) is 0 Å². The van der Waals surface area contributed by atoms with Gasteiger partial charge in [0.15, 0.2) is 0 Å². The van der Waals surface area contributed by atoms with Crippen molar-refractivity contribution in [3.63, 3.8) is 0 Å².